The molecule has 1 aliphatic carbocycles. The molecule has 0 saturated heterocycles. The summed E-state index contributed by atoms with van der Waals surface area (Å²) >= 11 is 1.95. The van der Waals surface area contributed by atoms with Gasteiger partial charge in [0.05, 0.1) is 5.52 Å². The molecule has 0 unspecified atom stereocenters. The summed E-state index contributed by atoms with van der Waals surface area (Å²) in [5.74, 6) is 0. The predicted molar refractivity (Wildman–Crippen MR) is 87.8 cm³/mol. The van der Waals surface area contributed by atoms with Crippen molar-refractivity contribution >= 4 is 28.4 Å². The van der Waals surface area contributed by atoms with Crippen LogP contribution < -0.4 is 10.9 Å². The molecule has 0 amide bonds. The zero-order chi connectivity index (χ0) is 14.2. The average Bonchev–Trinajstić information content (AvgIpc) is 2.43. The summed E-state index contributed by atoms with van der Waals surface area (Å²) in [6.45, 7) is 0.936. The van der Waals surface area contributed by atoms with Gasteiger partial charge in [0.15, 0.2) is 0 Å². The topological polar surface area (TPSA) is 34.0 Å². The van der Waals surface area contributed by atoms with Gasteiger partial charge >= 0.3 is 0 Å². The highest BCUT2D eigenvalue weighted by Gasteiger charge is 2.35. The number of nitrogens with one attached hydrogen (secondary N) is 1. The van der Waals surface area contributed by atoms with Crippen LogP contribution in [0, 0.1) is 0 Å². The van der Waals surface area contributed by atoms with Crippen molar-refractivity contribution in [2.75, 3.05) is 18.1 Å². The van der Waals surface area contributed by atoms with Gasteiger partial charge in [0, 0.05) is 35.5 Å². The Morgan fingerprint density at radius 2 is 2.10 bits per heavy atom. The van der Waals surface area contributed by atoms with Gasteiger partial charge in [-0.15, -0.1) is 0 Å². The lowest BCUT2D eigenvalue weighted by Gasteiger charge is -2.40. The minimum atomic E-state index is 0.0398. The number of fused-ring (bicyclic) bond motifs is 1. The fourth-order valence-electron chi connectivity index (χ4n) is 2.84. The smallest absolute Gasteiger partial charge is 0.252 e. The van der Waals surface area contributed by atoms with Crippen LogP contribution in [0.3, 0.4) is 0 Å². The number of rotatable bonds is 4. The Kier molecular flexibility index (Phi) is 3.50. The Morgan fingerprint density at radius 1 is 1.35 bits per heavy atom. The lowest BCUT2D eigenvalue weighted by Crippen LogP contribution is -2.40. The molecule has 3 rings (SSSR count). The summed E-state index contributed by atoms with van der Waals surface area (Å²) in [5.41, 5.74) is 1.98. The number of aryl methyl sites for hydroxylation is 1. The zero-order valence-corrected chi connectivity index (χ0v) is 12.8. The van der Waals surface area contributed by atoms with Crippen LogP contribution in [0.15, 0.2) is 35.1 Å². The average molecular weight is 288 g/mol. The van der Waals surface area contributed by atoms with E-state index in [1.165, 1.54) is 19.3 Å². The van der Waals surface area contributed by atoms with Crippen LogP contribution in [0.2, 0.25) is 0 Å². The minimum Gasteiger partial charge on any atom is -0.383 e. The summed E-state index contributed by atoms with van der Waals surface area (Å²) in [5, 5.41) is 4.63. The molecule has 106 valence electrons. The van der Waals surface area contributed by atoms with Gasteiger partial charge in [-0.25, -0.2) is 0 Å². The number of hydrogen-bond donors (Lipinski definition) is 1. The Hall–Kier alpha value is -1.42. The molecule has 2 aromatic rings. The normalized spacial score (nSPS) is 16.9. The molecule has 0 aliphatic heterocycles. The maximum Gasteiger partial charge on any atom is 0.252 e. The summed E-state index contributed by atoms with van der Waals surface area (Å²) in [7, 11) is 1.82. The van der Waals surface area contributed by atoms with Gasteiger partial charge in [-0.3, -0.25) is 4.79 Å². The molecule has 1 fully saturated rings. The Labute approximate surface area is 123 Å². The molecule has 0 spiro atoms. The van der Waals surface area contributed by atoms with Gasteiger partial charge in [0.1, 0.15) is 0 Å². The van der Waals surface area contributed by atoms with Gasteiger partial charge < -0.3 is 9.88 Å². The van der Waals surface area contributed by atoms with E-state index in [9.17, 15) is 4.79 Å². The Morgan fingerprint density at radius 3 is 2.75 bits per heavy atom. The first kappa shape index (κ1) is 13.6. The third-order valence-electron chi connectivity index (χ3n) is 4.45. The molecule has 1 saturated carbocycles. The van der Waals surface area contributed by atoms with E-state index in [0.717, 1.165) is 23.1 Å². The molecule has 0 bridgehead atoms. The summed E-state index contributed by atoms with van der Waals surface area (Å²) in [6.07, 6.45) is 6.04. The van der Waals surface area contributed by atoms with Crippen LogP contribution in [0.5, 0.6) is 0 Å². The number of para-hydroxylation sites is 1. The molecular formula is C16H20N2OS. The standard InChI is InChI=1S/C16H20N2OS/c1-18-14-7-4-3-6-12(14)13(10-15(18)19)17-11-16(20-2)8-5-9-16/h3-4,6-7,10,17H,5,8-9,11H2,1-2H3. The monoisotopic (exact) mass is 288 g/mol. The number of anilines is 1. The van der Waals surface area contributed by atoms with Crippen LogP contribution in [-0.4, -0.2) is 22.1 Å². The van der Waals surface area contributed by atoms with Gasteiger partial charge in [0.25, 0.3) is 5.56 Å². The van der Waals surface area contributed by atoms with Crippen LogP contribution in [0.4, 0.5) is 5.69 Å². The maximum absolute atomic E-state index is 12.0. The second kappa shape index (κ2) is 5.17. The van der Waals surface area contributed by atoms with Crippen molar-refractivity contribution in [3.63, 3.8) is 0 Å². The SMILES string of the molecule is CSC1(CNc2cc(=O)n(C)c3ccccc23)CCC1. The van der Waals surface area contributed by atoms with E-state index in [4.69, 9.17) is 0 Å². The quantitative estimate of drug-likeness (QED) is 0.938. The van der Waals surface area contributed by atoms with Gasteiger partial charge in [-0.2, -0.15) is 11.8 Å². The second-order valence-electron chi connectivity index (χ2n) is 5.57. The number of benzene rings is 1. The van der Waals surface area contributed by atoms with E-state index >= 15 is 0 Å². The molecular weight excluding hydrogens is 268 g/mol. The zero-order valence-electron chi connectivity index (χ0n) is 12.0. The molecule has 20 heavy (non-hydrogen) atoms. The first-order chi connectivity index (χ1) is 9.65. The molecule has 0 atom stereocenters. The van der Waals surface area contributed by atoms with Crippen molar-refractivity contribution in [2.24, 2.45) is 7.05 Å². The van der Waals surface area contributed by atoms with E-state index < -0.39 is 0 Å². The van der Waals surface area contributed by atoms with Crippen molar-refractivity contribution in [1.29, 1.82) is 0 Å². The number of aromatic nitrogens is 1. The van der Waals surface area contributed by atoms with E-state index in [0.29, 0.717) is 4.75 Å². The summed E-state index contributed by atoms with van der Waals surface area (Å²) in [4.78, 5) is 12.0. The van der Waals surface area contributed by atoms with E-state index in [2.05, 4.69) is 17.6 Å². The third-order valence-corrected chi connectivity index (χ3v) is 5.87. The fraction of sp³-hybridized carbons (Fsp3) is 0.438. The molecule has 3 nitrogen and oxygen atoms in total. The number of hydrogen-bond acceptors (Lipinski definition) is 3. The van der Waals surface area contributed by atoms with Gasteiger partial charge in [0.2, 0.25) is 0 Å². The van der Waals surface area contributed by atoms with Crippen molar-refractivity contribution < 1.29 is 0 Å². The highest BCUT2D eigenvalue weighted by atomic mass is 32.2. The Balaban J connectivity index is 1.95. The summed E-state index contributed by atoms with van der Waals surface area (Å²) in [6, 6.07) is 9.78. The van der Waals surface area contributed by atoms with E-state index in [-0.39, 0.29) is 5.56 Å². The first-order valence-electron chi connectivity index (χ1n) is 7.03. The van der Waals surface area contributed by atoms with E-state index in [1.807, 2.05) is 37.0 Å². The number of pyridine rings is 1. The van der Waals surface area contributed by atoms with Crippen LogP contribution in [0.25, 0.3) is 10.9 Å². The lowest BCUT2D eigenvalue weighted by atomic mass is 9.84. The van der Waals surface area contributed by atoms with Crippen molar-refractivity contribution in [3.8, 4) is 0 Å². The highest BCUT2D eigenvalue weighted by molar-refractivity contribution is 8.00. The predicted octanol–water partition coefficient (Wildman–Crippen LogP) is 3.24. The minimum absolute atomic E-state index is 0.0398. The second-order valence-corrected chi connectivity index (χ2v) is 6.84. The fourth-order valence-corrected chi connectivity index (χ4v) is 3.75. The summed E-state index contributed by atoms with van der Waals surface area (Å²) < 4.78 is 2.07. The van der Waals surface area contributed by atoms with E-state index in [1.54, 1.807) is 10.6 Å². The van der Waals surface area contributed by atoms with Crippen molar-refractivity contribution in [3.05, 3.63) is 40.7 Å². The third kappa shape index (κ3) is 2.22. The number of nitrogens with zero attached hydrogens (tertiary/aromatic N) is 1. The largest absolute Gasteiger partial charge is 0.383 e. The lowest BCUT2D eigenvalue weighted by molar-refractivity contribution is 0.380. The molecule has 0 radical (unpaired) electrons. The van der Waals surface area contributed by atoms with Crippen molar-refractivity contribution in [1.82, 2.24) is 4.57 Å². The molecule has 1 aliphatic rings. The number of thioether (sulfide) groups is 1. The van der Waals surface area contributed by atoms with Crippen LogP contribution in [0.1, 0.15) is 19.3 Å². The molecule has 1 N–H and O–H groups in total. The molecule has 1 aromatic heterocycles. The molecule has 1 aromatic carbocycles. The van der Waals surface area contributed by atoms with Gasteiger partial charge in [-0.1, -0.05) is 24.6 Å². The molecule has 1 heterocycles. The van der Waals surface area contributed by atoms with Crippen molar-refractivity contribution in [2.45, 2.75) is 24.0 Å². The maximum atomic E-state index is 12.0. The van der Waals surface area contributed by atoms with Crippen LogP contribution in [-0.2, 0) is 7.05 Å². The first-order valence-corrected chi connectivity index (χ1v) is 8.25. The highest BCUT2D eigenvalue weighted by Crippen LogP contribution is 2.42. The van der Waals surface area contributed by atoms with Gasteiger partial charge in [-0.05, 0) is 25.2 Å². The Bertz CT molecular complexity index is 683. The molecule has 4 heteroatoms. The van der Waals surface area contributed by atoms with Crippen LogP contribution >= 0.6 is 11.8 Å².